The number of benzene rings is 2. The molecular formula is C19H22F3IN4O2S. The molecule has 0 aliphatic carbocycles. The van der Waals surface area contributed by atoms with Crippen molar-refractivity contribution >= 4 is 49.9 Å². The van der Waals surface area contributed by atoms with E-state index in [2.05, 4.69) is 15.4 Å². The molecule has 1 atom stereocenters. The Balaban J connectivity index is 1.89. The summed E-state index contributed by atoms with van der Waals surface area (Å²) in [5.41, 5.74) is -0.804. The van der Waals surface area contributed by atoms with E-state index in [0.29, 0.717) is 23.1 Å². The quantitative estimate of drug-likeness (QED) is 0.450. The Morgan fingerprint density at radius 3 is 2.57 bits per heavy atom. The van der Waals surface area contributed by atoms with Gasteiger partial charge in [-0.25, -0.2) is 13.2 Å². The molecule has 6 nitrogen and oxygen atoms in total. The second kappa shape index (κ2) is 9.71. The Hall–Kier alpha value is -1.57. The first-order valence-electron chi connectivity index (χ1n) is 9.42. The second-order valence-electron chi connectivity index (χ2n) is 6.90. The van der Waals surface area contributed by atoms with Crippen molar-refractivity contribution in [2.24, 2.45) is 0 Å². The number of hydrogen-bond acceptors (Lipinski definition) is 4. The van der Waals surface area contributed by atoms with E-state index in [-0.39, 0.29) is 24.0 Å². The molecule has 1 unspecified atom stereocenters. The van der Waals surface area contributed by atoms with Crippen LogP contribution in [0.1, 0.15) is 19.8 Å². The summed E-state index contributed by atoms with van der Waals surface area (Å²) in [6, 6.07) is 6.12. The third kappa shape index (κ3) is 5.37. The molecule has 3 rings (SSSR count). The molecular weight excluding hydrogens is 532 g/mol. The maximum absolute atomic E-state index is 14.5. The van der Waals surface area contributed by atoms with Crippen LogP contribution in [0.2, 0.25) is 0 Å². The SMILES string of the molecule is CCNC1CCCN(S(=O)(=O)Nc2ccc(F)c(F)c2Nc2ccc(I)cc2F)C1. The van der Waals surface area contributed by atoms with E-state index < -0.39 is 33.3 Å². The highest BCUT2D eigenvalue weighted by Gasteiger charge is 2.30. The molecule has 0 aromatic heterocycles. The summed E-state index contributed by atoms with van der Waals surface area (Å²) in [6.07, 6.45) is 1.53. The monoisotopic (exact) mass is 554 g/mol. The van der Waals surface area contributed by atoms with Crippen LogP contribution in [-0.4, -0.2) is 38.4 Å². The normalized spacial score (nSPS) is 17.7. The summed E-state index contributed by atoms with van der Waals surface area (Å²) in [6.45, 7) is 3.23. The molecule has 1 fully saturated rings. The Bertz CT molecular complexity index is 1020. The molecule has 11 heteroatoms. The number of nitrogens with one attached hydrogen (secondary N) is 3. The first kappa shape index (κ1) is 23.1. The standard InChI is InChI=1S/C19H22F3IN4O2S/c1-2-24-13-4-3-9-27(11-13)30(28,29)26-17-8-6-14(20)18(22)19(17)25-16-7-5-12(23)10-15(16)21/h5-8,10,13,24-26H,2-4,9,11H2,1H3. The topological polar surface area (TPSA) is 73.5 Å². The predicted octanol–water partition coefficient (Wildman–Crippen LogP) is 4.18. The molecule has 1 aliphatic rings. The van der Waals surface area contributed by atoms with Crippen molar-refractivity contribution < 1.29 is 21.6 Å². The number of nitrogens with zero attached hydrogens (tertiary/aromatic N) is 1. The lowest BCUT2D eigenvalue weighted by Gasteiger charge is -2.32. The first-order valence-corrected chi connectivity index (χ1v) is 11.9. The maximum Gasteiger partial charge on any atom is 0.301 e. The van der Waals surface area contributed by atoms with Gasteiger partial charge in [-0.1, -0.05) is 6.92 Å². The van der Waals surface area contributed by atoms with Crippen molar-refractivity contribution in [3.8, 4) is 0 Å². The molecule has 2 aromatic rings. The molecule has 1 saturated heterocycles. The molecule has 1 aliphatic heterocycles. The van der Waals surface area contributed by atoms with Crippen LogP contribution >= 0.6 is 22.6 Å². The highest BCUT2D eigenvalue weighted by atomic mass is 127. The van der Waals surface area contributed by atoms with Crippen molar-refractivity contribution in [1.29, 1.82) is 0 Å². The molecule has 0 saturated carbocycles. The van der Waals surface area contributed by atoms with E-state index in [1.165, 1.54) is 16.4 Å². The fourth-order valence-corrected chi connectivity index (χ4v) is 5.08. The smallest absolute Gasteiger partial charge is 0.301 e. The molecule has 164 valence electrons. The summed E-state index contributed by atoms with van der Waals surface area (Å²) >= 11 is 1.92. The van der Waals surface area contributed by atoms with Crippen LogP contribution in [0.5, 0.6) is 0 Å². The minimum Gasteiger partial charge on any atom is -0.349 e. The van der Waals surface area contributed by atoms with Crippen LogP contribution < -0.4 is 15.4 Å². The fourth-order valence-electron chi connectivity index (χ4n) is 3.30. The fraction of sp³-hybridized carbons (Fsp3) is 0.368. The number of piperidine rings is 1. The van der Waals surface area contributed by atoms with Gasteiger partial charge in [0, 0.05) is 22.7 Å². The van der Waals surface area contributed by atoms with Crippen LogP contribution in [0.25, 0.3) is 0 Å². The molecule has 30 heavy (non-hydrogen) atoms. The average molecular weight is 554 g/mol. The third-order valence-electron chi connectivity index (χ3n) is 4.74. The van der Waals surface area contributed by atoms with E-state index in [1.807, 2.05) is 29.5 Å². The number of anilines is 3. The van der Waals surface area contributed by atoms with Crippen LogP contribution in [0, 0.1) is 21.0 Å². The predicted molar refractivity (Wildman–Crippen MR) is 120 cm³/mol. The average Bonchev–Trinajstić information content (AvgIpc) is 2.69. The Kier molecular flexibility index (Phi) is 7.47. The van der Waals surface area contributed by atoms with Gasteiger partial charge in [0.15, 0.2) is 11.6 Å². The minimum absolute atomic E-state index is 0.0174. The van der Waals surface area contributed by atoms with Crippen molar-refractivity contribution in [3.05, 3.63) is 51.4 Å². The van der Waals surface area contributed by atoms with Crippen LogP contribution in [-0.2, 0) is 10.2 Å². The molecule has 0 amide bonds. The summed E-state index contributed by atoms with van der Waals surface area (Å²) in [4.78, 5) is 0. The van der Waals surface area contributed by atoms with E-state index in [1.54, 1.807) is 6.07 Å². The molecule has 0 bridgehead atoms. The number of likely N-dealkylation sites (N-methyl/N-ethyl adjacent to an activating group) is 1. The van der Waals surface area contributed by atoms with Gasteiger partial charge in [0.2, 0.25) is 0 Å². The van der Waals surface area contributed by atoms with Crippen LogP contribution in [0.4, 0.5) is 30.2 Å². The zero-order chi connectivity index (χ0) is 21.9. The largest absolute Gasteiger partial charge is 0.349 e. The summed E-state index contributed by atoms with van der Waals surface area (Å²) in [5, 5.41) is 5.70. The highest BCUT2D eigenvalue weighted by molar-refractivity contribution is 14.1. The molecule has 2 aromatic carbocycles. The highest BCUT2D eigenvalue weighted by Crippen LogP contribution is 2.33. The number of hydrogen-bond donors (Lipinski definition) is 3. The van der Waals surface area contributed by atoms with Gasteiger partial charge < -0.3 is 10.6 Å². The van der Waals surface area contributed by atoms with Gasteiger partial charge in [-0.05, 0) is 72.3 Å². The summed E-state index contributed by atoms with van der Waals surface area (Å²) in [5.74, 6) is -3.17. The van der Waals surface area contributed by atoms with Gasteiger partial charge in [-0.2, -0.15) is 12.7 Å². The molecule has 0 spiro atoms. The lowest BCUT2D eigenvalue weighted by molar-refractivity contribution is 0.287. The van der Waals surface area contributed by atoms with Crippen molar-refractivity contribution in [2.45, 2.75) is 25.8 Å². The Morgan fingerprint density at radius 1 is 1.13 bits per heavy atom. The van der Waals surface area contributed by atoms with Gasteiger partial charge in [0.05, 0.1) is 11.4 Å². The second-order valence-corrected chi connectivity index (χ2v) is 9.81. The van der Waals surface area contributed by atoms with Crippen LogP contribution in [0.15, 0.2) is 30.3 Å². The lowest BCUT2D eigenvalue weighted by atomic mass is 10.1. The van der Waals surface area contributed by atoms with Gasteiger partial charge in [-0.15, -0.1) is 0 Å². The Labute approximate surface area is 187 Å². The summed E-state index contributed by atoms with van der Waals surface area (Å²) < 4.78 is 72.5. The van der Waals surface area contributed by atoms with E-state index in [0.717, 1.165) is 18.6 Å². The number of rotatable bonds is 7. The zero-order valence-electron chi connectivity index (χ0n) is 16.2. The summed E-state index contributed by atoms with van der Waals surface area (Å²) in [7, 11) is -4.03. The third-order valence-corrected chi connectivity index (χ3v) is 6.90. The van der Waals surface area contributed by atoms with Crippen molar-refractivity contribution in [1.82, 2.24) is 9.62 Å². The van der Waals surface area contributed by atoms with Crippen LogP contribution in [0.3, 0.4) is 0 Å². The van der Waals surface area contributed by atoms with E-state index >= 15 is 0 Å². The Morgan fingerprint density at radius 2 is 1.87 bits per heavy atom. The zero-order valence-corrected chi connectivity index (χ0v) is 19.2. The maximum atomic E-state index is 14.5. The first-order chi connectivity index (χ1) is 14.2. The lowest BCUT2D eigenvalue weighted by Crippen LogP contribution is -2.49. The molecule has 0 radical (unpaired) electrons. The van der Waals surface area contributed by atoms with Crippen molar-refractivity contribution in [2.75, 3.05) is 29.7 Å². The minimum atomic E-state index is -4.03. The van der Waals surface area contributed by atoms with Gasteiger partial charge in [0.1, 0.15) is 11.5 Å². The molecule has 1 heterocycles. The van der Waals surface area contributed by atoms with E-state index in [4.69, 9.17) is 0 Å². The van der Waals surface area contributed by atoms with Gasteiger partial charge in [-0.3, -0.25) is 4.72 Å². The van der Waals surface area contributed by atoms with Crippen molar-refractivity contribution in [3.63, 3.8) is 0 Å². The molecule has 3 N–H and O–H groups in total. The van der Waals surface area contributed by atoms with E-state index in [9.17, 15) is 21.6 Å². The number of halogens is 4. The van der Waals surface area contributed by atoms with Gasteiger partial charge >= 0.3 is 10.2 Å². The van der Waals surface area contributed by atoms with Gasteiger partial charge in [0.25, 0.3) is 0 Å².